The number of benzene rings is 2. The summed E-state index contributed by atoms with van der Waals surface area (Å²) in [6.07, 6.45) is 0. The maximum atomic E-state index is 8.58. The third-order valence-corrected chi connectivity index (χ3v) is 1.39. The molecule has 0 radical (unpaired) electrons. The minimum absolute atomic E-state index is 0. The van der Waals surface area contributed by atoms with Gasteiger partial charge in [0.15, 0.2) is 0 Å². The summed E-state index contributed by atoms with van der Waals surface area (Å²) < 4.78 is 0. The largest absolute Gasteiger partial charge is 2.00 e. The van der Waals surface area contributed by atoms with E-state index in [4.69, 9.17) is 10.2 Å². The van der Waals surface area contributed by atoms with Gasteiger partial charge in [0.1, 0.15) is 0 Å². The minimum Gasteiger partial charge on any atom is -0.534 e. The van der Waals surface area contributed by atoms with Crippen LogP contribution in [0, 0.1) is 12.1 Å². The summed E-state index contributed by atoms with van der Waals surface area (Å²) in [5.74, 6) is 0.394. The van der Waals surface area contributed by atoms with E-state index in [-0.39, 0.29) is 31.0 Å². The Balaban J connectivity index is 0.000000245. The van der Waals surface area contributed by atoms with Gasteiger partial charge in [-0.15, -0.1) is 24.3 Å². The van der Waals surface area contributed by atoms with E-state index in [1.807, 2.05) is 0 Å². The van der Waals surface area contributed by atoms with Crippen molar-refractivity contribution in [3.8, 4) is 11.5 Å². The van der Waals surface area contributed by atoms with Gasteiger partial charge < -0.3 is 10.2 Å². The Kier molecular flexibility index (Phi) is 7.30. The molecule has 2 N–H and O–H groups in total. The molecule has 15 heavy (non-hydrogen) atoms. The molecule has 0 saturated heterocycles. The fraction of sp³-hybridized carbons (Fsp3) is 0. The summed E-state index contributed by atoms with van der Waals surface area (Å²) in [5, 5.41) is 17.2. The van der Waals surface area contributed by atoms with E-state index < -0.39 is 0 Å². The number of phenolic OH excluding ortho intramolecular Hbond substituents is 2. The Bertz CT molecular complexity index is 311. The zero-order valence-corrected chi connectivity index (χ0v) is 9.60. The second-order valence-corrected chi connectivity index (χ2v) is 2.50. The first-order valence-corrected chi connectivity index (χ1v) is 4.10. The first kappa shape index (κ1) is 13.7. The van der Waals surface area contributed by atoms with Crippen molar-refractivity contribution in [1.82, 2.24) is 0 Å². The minimum atomic E-state index is 0. The SMILES string of the molecule is Oc1[c-]cccc1.Oc1[c-]cccc1.[Ru+2]. The second-order valence-electron chi connectivity index (χ2n) is 2.50. The summed E-state index contributed by atoms with van der Waals surface area (Å²) in [7, 11) is 0. The summed E-state index contributed by atoms with van der Waals surface area (Å²) in [5.41, 5.74) is 0. The third kappa shape index (κ3) is 6.70. The van der Waals surface area contributed by atoms with Gasteiger partial charge >= 0.3 is 19.5 Å². The molecule has 0 aliphatic heterocycles. The van der Waals surface area contributed by atoms with E-state index >= 15 is 0 Å². The van der Waals surface area contributed by atoms with Crippen molar-refractivity contribution in [2.24, 2.45) is 0 Å². The Hall–Kier alpha value is -1.34. The van der Waals surface area contributed by atoms with Gasteiger partial charge in [0, 0.05) is 11.5 Å². The van der Waals surface area contributed by atoms with Crippen molar-refractivity contribution in [1.29, 1.82) is 0 Å². The molecule has 0 saturated carbocycles. The first-order chi connectivity index (χ1) is 6.79. The van der Waals surface area contributed by atoms with Crippen LogP contribution in [0.4, 0.5) is 0 Å². The molecular formula is C12H10O2Ru. The molecule has 0 aromatic heterocycles. The van der Waals surface area contributed by atoms with Crippen LogP contribution in [-0.4, -0.2) is 10.2 Å². The van der Waals surface area contributed by atoms with Crippen molar-refractivity contribution < 1.29 is 29.7 Å². The topological polar surface area (TPSA) is 40.5 Å². The summed E-state index contributed by atoms with van der Waals surface area (Å²) in [6.45, 7) is 0. The van der Waals surface area contributed by atoms with Crippen molar-refractivity contribution in [2.75, 3.05) is 0 Å². The number of para-hydroxylation sites is 2. The van der Waals surface area contributed by atoms with Gasteiger partial charge in [0.2, 0.25) is 0 Å². The summed E-state index contributed by atoms with van der Waals surface area (Å²) >= 11 is 0. The molecule has 0 bridgehead atoms. The van der Waals surface area contributed by atoms with Gasteiger partial charge in [-0.1, -0.05) is 0 Å². The van der Waals surface area contributed by atoms with Gasteiger partial charge in [-0.2, -0.15) is 36.4 Å². The molecule has 0 unspecified atom stereocenters. The fourth-order valence-corrected chi connectivity index (χ4v) is 0.768. The quantitative estimate of drug-likeness (QED) is 0.577. The van der Waals surface area contributed by atoms with Crippen LogP contribution in [0.1, 0.15) is 0 Å². The predicted octanol–water partition coefficient (Wildman–Crippen LogP) is 2.38. The van der Waals surface area contributed by atoms with Crippen molar-refractivity contribution in [3.63, 3.8) is 0 Å². The molecule has 0 aliphatic rings. The predicted molar refractivity (Wildman–Crippen MR) is 53.9 cm³/mol. The molecule has 78 valence electrons. The molecule has 0 spiro atoms. The van der Waals surface area contributed by atoms with Gasteiger partial charge in [-0.3, -0.25) is 0 Å². The molecule has 2 aromatic rings. The summed E-state index contributed by atoms with van der Waals surface area (Å²) in [4.78, 5) is 0. The van der Waals surface area contributed by atoms with Crippen LogP contribution >= 0.6 is 0 Å². The van der Waals surface area contributed by atoms with Gasteiger partial charge in [-0.25, -0.2) is 0 Å². The zero-order chi connectivity index (χ0) is 10.2. The van der Waals surface area contributed by atoms with Crippen LogP contribution in [-0.2, 0) is 19.5 Å². The molecule has 3 heteroatoms. The second kappa shape index (κ2) is 8.01. The number of hydrogen-bond donors (Lipinski definition) is 2. The molecule has 0 aliphatic carbocycles. The standard InChI is InChI=1S/2C6H5O.Ru/c2*7-6-4-2-1-3-5-6;/h2*1-4,7H;/q2*-1;+2. The maximum Gasteiger partial charge on any atom is 2.00 e. The van der Waals surface area contributed by atoms with Crippen molar-refractivity contribution in [2.45, 2.75) is 0 Å². The average molecular weight is 287 g/mol. The molecular weight excluding hydrogens is 277 g/mol. The monoisotopic (exact) mass is 288 g/mol. The van der Waals surface area contributed by atoms with E-state index in [1.54, 1.807) is 48.5 Å². The molecule has 2 rings (SSSR count). The van der Waals surface area contributed by atoms with Crippen molar-refractivity contribution in [3.05, 3.63) is 60.7 Å². The van der Waals surface area contributed by atoms with E-state index in [0.29, 0.717) is 0 Å². The van der Waals surface area contributed by atoms with Crippen LogP contribution in [0.2, 0.25) is 0 Å². The average Bonchev–Trinajstić information content (AvgIpc) is 2.21. The van der Waals surface area contributed by atoms with Crippen LogP contribution in [0.3, 0.4) is 0 Å². The fourth-order valence-electron chi connectivity index (χ4n) is 0.768. The Morgan fingerprint density at radius 3 is 1.27 bits per heavy atom. The molecule has 2 aromatic carbocycles. The molecule has 2 nitrogen and oxygen atoms in total. The Morgan fingerprint density at radius 2 is 1.13 bits per heavy atom. The van der Waals surface area contributed by atoms with E-state index in [9.17, 15) is 0 Å². The molecule has 0 amide bonds. The number of hydrogen-bond acceptors (Lipinski definition) is 2. The van der Waals surface area contributed by atoms with Crippen molar-refractivity contribution >= 4 is 0 Å². The Morgan fingerprint density at radius 1 is 0.733 bits per heavy atom. The number of rotatable bonds is 0. The van der Waals surface area contributed by atoms with Crippen LogP contribution in [0.5, 0.6) is 11.5 Å². The molecule has 0 fully saturated rings. The van der Waals surface area contributed by atoms with Gasteiger partial charge in [0.25, 0.3) is 0 Å². The van der Waals surface area contributed by atoms with Crippen LogP contribution in [0.15, 0.2) is 48.5 Å². The third-order valence-electron chi connectivity index (χ3n) is 1.39. The normalized spacial score (nSPS) is 8.00. The first-order valence-electron chi connectivity index (χ1n) is 4.10. The van der Waals surface area contributed by atoms with Crippen LogP contribution < -0.4 is 0 Å². The smallest absolute Gasteiger partial charge is 0.534 e. The Labute approximate surface area is 102 Å². The van der Waals surface area contributed by atoms with Crippen LogP contribution in [0.25, 0.3) is 0 Å². The number of aromatic hydroxyl groups is 2. The number of phenols is 2. The van der Waals surface area contributed by atoms with E-state index in [0.717, 1.165) is 0 Å². The molecule has 0 atom stereocenters. The molecule has 0 heterocycles. The van der Waals surface area contributed by atoms with E-state index in [1.165, 1.54) is 0 Å². The van der Waals surface area contributed by atoms with E-state index in [2.05, 4.69) is 12.1 Å². The maximum absolute atomic E-state index is 8.58. The van der Waals surface area contributed by atoms with Gasteiger partial charge in [0.05, 0.1) is 0 Å². The van der Waals surface area contributed by atoms with Gasteiger partial charge in [-0.05, 0) is 0 Å². The zero-order valence-electron chi connectivity index (χ0n) is 7.87. The summed E-state index contributed by atoms with van der Waals surface area (Å²) in [6, 6.07) is 18.8.